The first-order valence-electron chi connectivity index (χ1n) is 2.63. The Kier molecular flexibility index (Phi) is 3.92. The van der Waals surface area contributed by atoms with Crippen molar-refractivity contribution in [1.82, 2.24) is 4.72 Å². The first kappa shape index (κ1) is 9.93. The Balaban J connectivity index is 3.56. The van der Waals surface area contributed by atoms with E-state index in [4.69, 9.17) is 5.73 Å². The van der Waals surface area contributed by atoms with Crippen molar-refractivity contribution < 1.29 is 13.0 Å². The fraction of sp³-hybridized carbons (Fsp3) is 1.00. The van der Waals surface area contributed by atoms with E-state index in [1.54, 1.807) is 0 Å². The van der Waals surface area contributed by atoms with Gasteiger partial charge in [0, 0.05) is 6.26 Å². The van der Waals surface area contributed by atoms with Crippen molar-refractivity contribution in [3.05, 3.63) is 0 Å². The maximum absolute atomic E-state index is 12.2. The van der Waals surface area contributed by atoms with E-state index < -0.39 is 30.0 Å². The molecule has 0 bridgehead atoms. The Labute approximate surface area is 60.6 Å². The van der Waals surface area contributed by atoms with Crippen molar-refractivity contribution in [2.75, 3.05) is 19.3 Å². The lowest BCUT2D eigenvalue weighted by Gasteiger charge is -2.12. The molecule has 0 saturated heterocycles. The van der Waals surface area contributed by atoms with Gasteiger partial charge in [0.05, 0.1) is 24.1 Å². The molecule has 0 radical (unpaired) electrons. The Bertz CT molecular complexity index is 130. The largest absolute Gasteiger partial charge is 0.325 e. The van der Waals surface area contributed by atoms with Crippen LogP contribution in [-0.2, 0) is 11.0 Å². The molecular weight excluding hydrogens is 162 g/mol. The van der Waals surface area contributed by atoms with Crippen LogP contribution < -0.4 is 10.5 Å². The fourth-order valence-electron chi connectivity index (χ4n) is 0.279. The van der Waals surface area contributed by atoms with Gasteiger partial charge in [0.25, 0.3) is 5.92 Å². The van der Waals surface area contributed by atoms with E-state index in [-0.39, 0.29) is 0 Å². The van der Waals surface area contributed by atoms with Crippen LogP contribution in [0.4, 0.5) is 8.78 Å². The highest BCUT2D eigenvalue weighted by Gasteiger charge is 2.26. The average Bonchev–Trinajstić information content (AvgIpc) is 1.85. The van der Waals surface area contributed by atoms with Gasteiger partial charge in [-0.3, -0.25) is 0 Å². The Morgan fingerprint density at radius 3 is 2.50 bits per heavy atom. The van der Waals surface area contributed by atoms with E-state index in [0.29, 0.717) is 0 Å². The fourth-order valence-corrected chi connectivity index (χ4v) is 0.694. The van der Waals surface area contributed by atoms with Crippen LogP contribution in [0.25, 0.3) is 0 Å². The minimum Gasteiger partial charge on any atom is -0.325 e. The van der Waals surface area contributed by atoms with Crippen molar-refractivity contribution in [1.29, 1.82) is 0 Å². The Morgan fingerprint density at radius 1 is 1.70 bits per heavy atom. The van der Waals surface area contributed by atoms with Gasteiger partial charge in [-0.2, -0.15) is 0 Å². The Morgan fingerprint density at radius 2 is 2.20 bits per heavy atom. The molecule has 0 aromatic rings. The summed E-state index contributed by atoms with van der Waals surface area (Å²) in [4.78, 5) is 0. The van der Waals surface area contributed by atoms with Crippen molar-refractivity contribution in [2.45, 2.75) is 5.92 Å². The van der Waals surface area contributed by atoms with E-state index in [9.17, 15) is 13.0 Å². The summed E-state index contributed by atoms with van der Waals surface area (Å²) < 4.78 is 36.7. The second-order valence-electron chi connectivity index (χ2n) is 1.84. The lowest BCUT2D eigenvalue weighted by Crippen LogP contribution is -2.39. The van der Waals surface area contributed by atoms with Crippen LogP contribution in [0.5, 0.6) is 0 Å². The van der Waals surface area contributed by atoms with Gasteiger partial charge in [0.2, 0.25) is 0 Å². The summed E-state index contributed by atoms with van der Waals surface area (Å²) in [6.07, 6.45) is 1.28. The summed E-state index contributed by atoms with van der Waals surface area (Å²) in [5.41, 5.74) is 4.70. The third-order valence-electron chi connectivity index (χ3n) is 0.833. The molecule has 0 amide bonds. The molecule has 0 saturated carbocycles. The molecule has 0 aromatic heterocycles. The molecule has 10 heavy (non-hydrogen) atoms. The molecule has 62 valence electrons. The number of rotatable bonds is 4. The molecule has 0 spiro atoms. The molecule has 0 rings (SSSR count). The summed E-state index contributed by atoms with van der Waals surface area (Å²) >= 11 is 0. The molecule has 0 fully saturated rings. The molecule has 3 N–H and O–H groups in total. The normalized spacial score (nSPS) is 15.2. The smallest absolute Gasteiger partial charge is 0.273 e. The molecule has 0 aliphatic rings. The van der Waals surface area contributed by atoms with Gasteiger partial charge in [-0.15, -0.1) is 0 Å². The van der Waals surface area contributed by atoms with Crippen LogP contribution in [0.3, 0.4) is 0 Å². The standard InChI is InChI=1S/C4H10F2N2OS/c1-10(9)8-3-4(5,6)2-7/h8H,2-3,7H2,1H3. The Hall–Kier alpha value is -0.0700. The maximum Gasteiger partial charge on any atom is 0.273 e. The second kappa shape index (κ2) is 3.95. The summed E-state index contributed by atoms with van der Waals surface area (Å²) in [5, 5.41) is 0. The summed E-state index contributed by atoms with van der Waals surface area (Å²) in [6, 6.07) is 0. The topological polar surface area (TPSA) is 55.1 Å². The summed E-state index contributed by atoms with van der Waals surface area (Å²) in [7, 11) is -1.40. The van der Waals surface area contributed by atoms with Crippen LogP contribution in [0, 0.1) is 0 Å². The molecule has 0 aromatic carbocycles. The van der Waals surface area contributed by atoms with Gasteiger partial charge in [-0.05, 0) is 0 Å². The molecule has 1 unspecified atom stereocenters. The molecule has 6 heteroatoms. The number of hydrogen-bond acceptors (Lipinski definition) is 2. The van der Waals surface area contributed by atoms with Crippen LogP contribution in [0.15, 0.2) is 0 Å². The molecule has 0 aliphatic heterocycles. The first-order valence-corrected chi connectivity index (χ1v) is 4.18. The maximum atomic E-state index is 12.2. The van der Waals surface area contributed by atoms with Gasteiger partial charge < -0.3 is 5.73 Å². The number of nitrogens with one attached hydrogen (secondary N) is 1. The average molecular weight is 172 g/mol. The van der Waals surface area contributed by atoms with Crippen molar-refractivity contribution in [2.24, 2.45) is 5.73 Å². The lowest BCUT2D eigenvalue weighted by molar-refractivity contribution is 0.0174. The molecule has 1 atom stereocenters. The minimum atomic E-state index is -2.95. The predicted octanol–water partition coefficient (Wildman–Crippen LogP) is -0.536. The number of nitrogens with two attached hydrogens (primary N) is 1. The van der Waals surface area contributed by atoms with E-state index in [1.807, 2.05) is 0 Å². The molecule has 0 aliphatic carbocycles. The van der Waals surface area contributed by atoms with Crippen LogP contribution in [-0.4, -0.2) is 29.5 Å². The third-order valence-corrected chi connectivity index (χ3v) is 1.38. The predicted molar refractivity (Wildman–Crippen MR) is 36.1 cm³/mol. The molecule has 3 nitrogen and oxygen atoms in total. The van der Waals surface area contributed by atoms with E-state index in [2.05, 4.69) is 4.72 Å². The van der Waals surface area contributed by atoms with Crippen molar-refractivity contribution in [3.8, 4) is 0 Å². The number of hydrogen-bond donors (Lipinski definition) is 2. The number of alkyl halides is 2. The monoisotopic (exact) mass is 172 g/mol. The summed E-state index contributed by atoms with van der Waals surface area (Å²) in [5.74, 6) is -2.95. The molecule has 0 heterocycles. The van der Waals surface area contributed by atoms with Crippen molar-refractivity contribution in [3.63, 3.8) is 0 Å². The highest BCUT2D eigenvalue weighted by molar-refractivity contribution is 7.82. The van der Waals surface area contributed by atoms with E-state index >= 15 is 0 Å². The van der Waals surface area contributed by atoms with Gasteiger partial charge >= 0.3 is 0 Å². The highest BCUT2D eigenvalue weighted by Crippen LogP contribution is 2.08. The summed E-state index contributed by atoms with van der Waals surface area (Å²) in [6.45, 7) is -1.36. The zero-order valence-corrected chi connectivity index (χ0v) is 6.38. The minimum absolute atomic E-state index is 0.632. The zero-order valence-electron chi connectivity index (χ0n) is 5.56. The van der Waals surface area contributed by atoms with E-state index in [0.717, 1.165) is 0 Å². The van der Waals surface area contributed by atoms with Crippen LogP contribution in [0.2, 0.25) is 0 Å². The zero-order chi connectivity index (χ0) is 8.20. The van der Waals surface area contributed by atoms with Crippen LogP contribution >= 0.6 is 0 Å². The van der Waals surface area contributed by atoms with Gasteiger partial charge in [0.1, 0.15) is 0 Å². The quantitative estimate of drug-likeness (QED) is 0.598. The van der Waals surface area contributed by atoms with Gasteiger partial charge in [0.15, 0.2) is 0 Å². The molecular formula is C4H10F2N2OS. The van der Waals surface area contributed by atoms with Crippen LogP contribution in [0.1, 0.15) is 0 Å². The highest BCUT2D eigenvalue weighted by atomic mass is 32.2. The van der Waals surface area contributed by atoms with Gasteiger partial charge in [-0.25, -0.2) is 17.7 Å². The van der Waals surface area contributed by atoms with E-state index in [1.165, 1.54) is 6.26 Å². The first-order chi connectivity index (χ1) is 4.48. The lowest BCUT2D eigenvalue weighted by atomic mass is 10.3. The van der Waals surface area contributed by atoms with Crippen molar-refractivity contribution >= 4 is 11.0 Å². The third kappa shape index (κ3) is 4.78. The number of halogens is 2. The SMILES string of the molecule is CS(=O)NCC(F)(F)CN. The second-order valence-corrected chi connectivity index (χ2v) is 3.03. The van der Waals surface area contributed by atoms with Gasteiger partial charge in [-0.1, -0.05) is 0 Å².